The summed E-state index contributed by atoms with van der Waals surface area (Å²) >= 11 is 0. The number of H-pyrrole nitrogens is 1. The van der Waals surface area contributed by atoms with Gasteiger partial charge in [-0.15, -0.1) is 0 Å². The highest BCUT2D eigenvalue weighted by Crippen LogP contribution is 2.28. The number of amides is 3. The van der Waals surface area contributed by atoms with Gasteiger partial charge in [-0.25, -0.2) is 4.98 Å². The summed E-state index contributed by atoms with van der Waals surface area (Å²) in [6, 6.07) is 14.4. The lowest BCUT2D eigenvalue weighted by atomic mass is 9.99. The molecule has 3 aromatic rings. The zero-order valence-electron chi connectivity index (χ0n) is 14.4. The van der Waals surface area contributed by atoms with Crippen LogP contribution in [-0.2, 0) is 4.79 Å². The number of likely N-dealkylation sites (tertiary alicyclic amines) is 1. The van der Waals surface area contributed by atoms with Gasteiger partial charge in [0.2, 0.25) is 5.91 Å². The van der Waals surface area contributed by atoms with Crippen LogP contribution in [0.15, 0.2) is 48.5 Å². The number of para-hydroxylation sites is 2. The van der Waals surface area contributed by atoms with E-state index >= 15 is 0 Å². The second-order valence-electron chi connectivity index (χ2n) is 6.88. The Labute approximate surface area is 154 Å². The number of hydrogen-bond acceptors (Lipinski definition) is 4. The van der Waals surface area contributed by atoms with Crippen LogP contribution in [0.1, 0.15) is 32.5 Å². The largest absolute Gasteiger partial charge is 0.342 e. The maximum atomic E-state index is 12.5. The Kier molecular flexibility index (Phi) is 3.36. The van der Waals surface area contributed by atoms with Gasteiger partial charge in [0, 0.05) is 13.1 Å². The van der Waals surface area contributed by atoms with Gasteiger partial charge in [-0.3, -0.25) is 19.3 Å². The van der Waals surface area contributed by atoms with Gasteiger partial charge in [-0.2, -0.15) is 0 Å². The minimum atomic E-state index is -0.404. The maximum Gasteiger partial charge on any atom is 0.262 e. The minimum Gasteiger partial charge on any atom is -0.342 e. The van der Waals surface area contributed by atoms with E-state index in [0.29, 0.717) is 24.2 Å². The van der Waals surface area contributed by atoms with E-state index in [9.17, 15) is 14.4 Å². The van der Waals surface area contributed by atoms with Crippen LogP contribution in [0, 0.1) is 0 Å². The highest BCUT2D eigenvalue weighted by atomic mass is 16.2. The molecule has 27 heavy (non-hydrogen) atoms. The summed E-state index contributed by atoms with van der Waals surface area (Å²) in [5, 5.41) is 0. The monoisotopic (exact) mass is 360 g/mol. The number of aromatic amines is 1. The summed E-state index contributed by atoms with van der Waals surface area (Å²) in [6.07, 6.45) is 0. The predicted octanol–water partition coefficient (Wildman–Crippen LogP) is 1.78. The Morgan fingerprint density at radius 1 is 1.00 bits per heavy atom. The molecule has 2 aliphatic heterocycles. The maximum absolute atomic E-state index is 12.5. The quantitative estimate of drug-likeness (QED) is 0.722. The molecule has 1 fully saturated rings. The van der Waals surface area contributed by atoms with Crippen LogP contribution in [0.2, 0.25) is 0 Å². The van der Waals surface area contributed by atoms with E-state index in [4.69, 9.17) is 0 Å². The van der Waals surface area contributed by atoms with E-state index in [1.165, 1.54) is 0 Å². The first-order chi connectivity index (χ1) is 13.1. The van der Waals surface area contributed by atoms with Crippen molar-refractivity contribution in [2.75, 3.05) is 19.6 Å². The Hall–Kier alpha value is -3.48. The van der Waals surface area contributed by atoms with E-state index in [1.54, 1.807) is 29.2 Å². The summed E-state index contributed by atoms with van der Waals surface area (Å²) < 4.78 is 0. The van der Waals surface area contributed by atoms with Crippen molar-refractivity contribution in [3.63, 3.8) is 0 Å². The number of carbonyl (C=O) groups is 3. The second-order valence-corrected chi connectivity index (χ2v) is 6.88. The Bertz CT molecular complexity index is 1030. The molecule has 0 aliphatic carbocycles. The summed E-state index contributed by atoms with van der Waals surface area (Å²) in [6.45, 7) is 0.836. The molecule has 1 N–H and O–H groups in total. The molecule has 2 aliphatic rings. The van der Waals surface area contributed by atoms with Crippen LogP contribution in [-0.4, -0.2) is 57.1 Å². The van der Waals surface area contributed by atoms with Crippen LogP contribution in [0.25, 0.3) is 11.0 Å². The Morgan fingerprint density at radius 2 is 1.63 bits per heavy atom. The summed E-state index contributed by atoms with van der Waals surface area (Å²) in [5.41, 5.74) is 2.60. The molecule has 7 heteroatoms. The number of benzene rings is 2. The number of hydrogen-bond donors (Lipinski definition) is 1. The fourth-order valence-electron chi connectivity index (χ4n) is 3.64. The number of fused-ring (bicyclic) bond motifs is 2. The zero-order valence-corrected chi connectivity index (χ0v) is 14.4. The first-order valence-corrected chi connectivity index (χ1v) is 8.79. The summed E-state index contributed by atoms with van der Waals surface area (Å²) in [5.74, 6) is -0.0296. The van der Waals surface area contributed by atoms with Crippen LogP contribution >= 0.6 is 0 Å². The topological polar surface area (TPSA) is 86.4 Å². The molecule has 2 aromatic carbocycles. The number of aromatic nitrogens is 2. The van der Waals surface area contributed by atoms with Crippen LogP contribution in [0.4, 0.5) is 0 Å². The predicted molar refractivity (Wildman–Crippen MR) is 97.2 cm³/mol. The third-order valence-electron chi connectivity index (χ3n) is 5.20. The lowest BCUT2D eigenvalue weighted by Crippen LogP contribution is -2.52. The highest BCUT2D eigenvalue weighted by molar-refractivity contribution is 6.22. The number of nitrogens with one attached hydrogen (secondary N) is 1. The molecule has 7 nitrogen and oxygen atoms in total. The van der Waals surface area contributed by atoms with Gasteiger partial charge in [-0.05, 0) is 24.3 Å². The molecule has 0 bridgehead atoms. The van der Waals surface area contributed by atoms with E-state index < -0.39 is 11.8 Å². The molecule has 0 spiro atoms. The third-order valence-corrected chi connectivity index (χ3v) is 5.20. The van der Waals surface area contributed by atoms with Crippen LogP contribution < -0.4 is 0 Å². The fourth-order valence-corrected chi connectivity index (χ4v) is 3.64. The van der Waals surface area contributed by atoms with Crippen molar-refractivity contribution in [3.8, 4) is 0 Å². The Morgan fingerprint density at radius 3 is 2.30 bits per heavy atom. The van der Waals surface area contributed by atoms with Crippen molar-refractivity contribution in [1.82, 2.24) is 19.8 Å². The van der Waals surface area contributed by atoms with Crippen LogP contribution in [0.3, 0.4) is 0 Å². The van der Waals surface area contributed by atoms with Crippen molar-refractivity contribution < 1.29 is 14.4 Å². The van der Waals surface area contributed by atoms with Gasteiger partial charge < -0.3 is 9.88 Å². The molecule has 5 rings (SSSR count). The van der Waals surface area contributed by atoms with Gasteiger partial charge in [0.25, 0.3) is 11.8 Å². The molecule has 0 radical (unpaired) electrons. The lowest BCUT2D eigenvalue weighted by Gasteiger charge is -2.38. The molecule has 0 atom stereocenters. The number of imide groups is 1. The highest BCUT2D eigenvalue weighted by Gasteiger charge is 2.39. The van der Waals surface area contributed by atoms with E-state index in [2.05, 4.69) is 9.97 Å². The SMILES string of the molecule is O=C(CN1C(=O)c2ccccc2C1=O)N1CC(c2nc3ccccc3[nH]2)C1. The molecular formula is C20H16N4O3. The Balaban J connectivity index is 1.25. The standard InChI is InChI=1S/C20H16N4O3/c25-17(11-24-19(26)13-5-1-2-6-14(13)20(24)27)23-9-12(10-23)18-21-15-7-3-4-8-16(15)22-18/h1-8,12H,9-11H2,(H,21,22). The van der Waals surface area contributed by atoms with E-state index in [0.717, 1.165) is 21.8 Å². The van der Waals surface area contributed by atoms with Gasteiger partial charge >= 0.3 is 0 Å². The van der Waals surface area contributed by atoms with Gasteiger partial charge in [0.1, 0.15) is 12.4 Å². The number of carbonyl (C=O) groups excluding carboxylic acids is 3. The normalized spacial score (nSPS) is 16.7. The summed E-state index contributed by atoms with van der Waals surface area (Å²) in [7, 11) is 0. The van der Waals surface area contributed by atoms with Gasteiger partial charge in [-0.1, -0.05) is 24.3 Å². The van der Waals surface area contributed by atoms with Crippen molar-refractivity contribution >= 4 is 28.8 Å². The van der Waals surface area contributed by atoms with Gasteiger partial charge in [0.05, 0.1) is 28.1 Å². The first-order valence-electron chi connectivity index (χ1n) is 8.79. The second kappa shape index (κ2) is 5.77. The fraction of sp³-hybridized carbons (Fsp3) is 0.200. The van der Waals surface area contributed by atoms with Crippen molar-refractivity contribution in [2.45, 2.75) is 5.92 Å². The molecule has 1 aromatic heterocycles. The van der Waals surface area contributed by atoms with Crippen molar-refractivity contribution in [1.29, 1.82) is 0 Å². The molecule has 0 saturated carbocycles. The molecular weight excluding hydrogens is 344 g/mol. The van der Waals surface area contributed by atoms with E-state index in [1.807, 2.05) is 24.3 Å². The summed E-state index contributed by atoms with van der Waals surface area (Å²) in [4.78, 5) is 47.8. The van der Waals surface area contributed by atoms with E-state index in [-0.39, 0.29) is 18.4 Å². The van der Waals surface area contributed by atoms with Crippen molar-refractivity contribution in [3.05, 3.63) is 65.5 Å². The number of imidazole rings is 1. The molecule has 1 saturated heterocycles. The van der Waals surface area contributed by atoms with Crippen molar-refractivity contribution in [2.24, 2.45) is 0 Å². The molecule has 134 valence electrons. The number of rotatable bonds is 3. The minimum absolute atomic E-state index is 0.142. The van der Waals surface area contributed by atoms with Gasteiger partial charge in [0.15, 0.2) is 0 Å². The number of nitrogens with zero attached hydrogens (tertiary/aromatic N) is 3. The smallest absolute Gasteiger partial charge is 0.262 e. The first kappa shape index (κ1) is 15.7. The molecule has 3 heterocycles. The zero-order chi connectivity index (χ0) is 18.5. The lowest BCUT2D eigenvalue weighted by molar-refractivity contribution is -0.136. The molecule has 0 unspecified atom stereocenters. The van der Waals surface area contributed by atoms with Crippen LogP contribution in [0.5, 0.6) is 0 Å². The average Bonchev–Trinajstić information content (AvgIpc) is 3.16. The third kappa shape index (κ3) is 2.43. The average molecular weight is 360 g/mol. The molecule has 3 amide bonds.